The van der Waals surface area contributed by atoms with E-state index in [0.717, 1.165) is 0 Å². The number of carbonyl (C=O) groups is 3. The summed E-state index contributed by atoms with van der Waals surface area (Å²) in [5, 5.41) is 12.7. The van der Waals surface area contributed by atoms with Gasteiger partial charge < -0.3 is 27.2 Å². The molecule has 0 fully saturated rings. The van der Waals surface area contributed by atoms with Crippen molar-refractivity contribution in [1.82, 2.24) is 10.6 Å². The number of benzene rings is 1. The summed E-state index contributed by atoms with van der Waals surface area (Å²) in [5.41, 5.74) is 11.6. The number of amides is 2. The minimum absolute atomic E-state index is 0.109. The van der Waals surface area contributed by atoms with E-state index in [9.17, 15) is 18.8 Å². The van der Waals surface area contributed by atoms with Gasteiger partial charge in [0.1, 0.15) is 5.82 Å². The number of nitrogens with one attached hydrogen (secondary N) is 2. The number of Topliss-reactive ketones (excluding diaryl/α,β-unsaturated/α-hetero) is 1. The maximum Gasteiger partial charge on any atom is 0.239 e. The van der Waals surface area contributed by atoms with E-state index in [1.54, 1.807) is 13.8 Å². The van der Waals surface area contributed by atoms with Crippen molar-refractivity contribution in [2.75, 3.05) is 26.2 Å². The molecule has 0 aromatic heterocycles. The van der Waals surface area contributed by atoms with Crippen LogP contribution in [0.25, 0.3) is 0 Å². The molecule has 0 radical (unpaired) electrons. The van der Waals surface area contributed by atoms with Crippen molar-refractivity contribution < 1.29 is 23.9 Å². The first-order valence-electron chi connectivity index (χ1n) is 9.70. The van der Waals surface area contributed by atoms with Gasteiger partial charge in [0.25, 0.3) is 0 Å². The molecule has 0 saturated carbocycles. The smallest absolute Gasteiger partial charge is 0.239 e. The second kappa shape index (κ2) is 15.5. The standard InChI is InChI=1S/C18H27FN4O3.C2H6O/c1-2-16(24)15(8-10-21)23-17(25)11-22-18(26)14(7-9-20)12-3-5-13(19)6-4-12;1-2-3/h3-6,14-15H,2,7-11,20-21H2,1H3,(H,22,26)(H,23,25);3H,2H2,1H3. The molecule has 1 aromatic rings. The maximum atomic E-state index is 13.1. The van der Waals surface area contributed by atoms with E-state index < -0.39 is 23.7 Å². The van der Waals surface area contributed by atoms with Crippen LogP contribution in [0.1, 0.15) is 44.6 Å². The molecular weight excluding hydrogens is 379 g/mol. The Hall–Kier alpha value is -2.36. The molecule has 7 N–H and O–H groups in total. The van der Waals surface area contributed by atoms with E-state index in [2.05, 4.69) is 10.6 Å². The molecule has 0 heterocycles. The monoisotopic (exact) mass is 412 g/mol. The van der Waals surface area contributed by atoms with Crippen LogP contribution in [0.4, 0.5) is 4.39 Å². The Morgan fingerprint density at radius 2 is 1.62 bits per heavy atom. The van der Waals surface area contributed by atoms with Crippen LogP contribution in [0, 0.1) is 5.82 Å². The fourth-order valence-electron chi connectivity index (χ4n) is 2.57. The fourth-order valence-corrected chi connectivity index (χ4v) is 2.57. The Bertz CT molecular complexity index is 625. The highest BCUT2D eigenvalue weighted by molar-refractivity contribution is 5.92. The van der Waals surface area contributed by atoms with Crippen LogP contribution in [0.3, 0.4) is 0 Å². The number of nitrogens with two attached hydrogens (primary N) is 2. The van der Waals surface area contributed by atoms with Gasteiger partial charge in [-0.25, -0.2) is 4.39 Å². The van der Waals surface area contributed by atoms with Gasteiger partial charge in [-0.2, -0.15) is 0 Å². The van der Waals surface area contributed by atoms with Crippen LogP contribution in [0.15, 0.2) is 24.3 Å². The highest BCUT2D eigenvalue weighted by Crippen LogP contribution is 2.19. The maximum absolute atomic E-state index is 13.1. The molecule has 0 aliphatic carbocycles. The summed E-state index contributed by atoms with van der Waals surface area (Å²) in [7, 11) is 0. The van der Waals surface area contributed by atoms with Gasteiger partial charge in [-0.3, -0.25) is 14.4 Å². The summed E-state index contributed by atoms with van der Waals surface area (Å²) in [6.45, 7) is 3.91. The fraction of sp³-hybridized carbons (Fsp3) is 0.550. The summed E-state index contributed by atoms with van der Waals surface area (Å²) in [6, 6.07) is 4.93. The zero-order chi connectivity index (χ0) is 22.2. The summed E-state index contributed by atoms with van der Waals surface area (Å²) in [5.74, 6) is -1.93. The lowest BCUT2D eigenvalue weighted by Gasteiger charge is -2.18. The van der Waals surface area contributed by atoms with Crippen LogP contribution in [0.5, 0.6) is 0 Å². The average Bonchev–Trinajstić information content (AvgIpc) is 2.70. The van der Waals surface area contributed by atoms with Gasteiger partial charge in [-0.05, 0) is 50.6 Å². The third-order valence-corrected chi connectivity index (χ3v) is 4.00. The Kier molecular flexibility index (Phi) is 14.3. The summed E-state index contributed by atoms with van der Waals surface area (Å²) in [6.07, 6.45) is 1.00. The van der Waals surface area contributed by atoms with Gasteiger partial charge in [-0.1, -0.05) is 19.1 Å². The predicted octanol–water partition coefficient (Wildman–Crippen LogP) is 0.186. The molecule has 0 aliphatic rings. The normalized spacial score (nSPS) is 12.2. The number of hydrogen-bond acceptors (Lipinski definition) is 6. The average molecular weight is 413 g/mol. The van der Waals surface area contributed by atoms with Crippen LogP contribution < -0.4 is 22.1 Å². The lowest BCUT2D eigenvalue weighted by Crippen LogP contribution is -2.46. The van der Waals surface area contributed by atoms with Crippen LogP contribution in [0.2, 0.25) is 0 Å². The molecule has 2 unspecified atom stereocenters. The Balaban J connectivity index is 0.00000245. The van der Waals surface area contributed by atoms with Crippen molar-refractivity contribution in [3.8, 4) is 0 Å². The van der Waals surface area contributed by atoms with Crippen LogP contribution >= 0.6 is 0 Å². The molecule has 2 atom stereocenters. The molecule has 0 bridgehead atoms. The van der Waals surface area contributed by atoms with Crippen molar-refractivity contribution in [2.45, 2.75) is 45.1 Å². The van der Waals surface area contributed by atoms with E-state index in [0.29, 0.717) is 24.8 Å². The zero-order valence-electron chi connectivity index (χ0n) is 17.1. The van der Waals surface area contributed by atoms with E-state index >= 15 is 0 Å². The van der Waals surface area contributed by atoms with Gasteiger partial charge in [0, 0.05) is 13.0 Å². The molecule has 29 heavy (non-hydrogen) atoms. The van der Waals surface area contributed by atoms with Crippen molar-refractivity contribution in [3.63, 3.8) is 0 Å². The molecule has 9 heteroatoms. The van der Waals surface area contributed by atoms with Gasteiger partial charge in [0.05, 0.1) is 18.5 Å². The number of aliphatic hydroxyl groups excluding tert-OH is 1. The van der Waals surface area contributed by atoms with Crippen molar-refractivity contribution in [2.24, 2.45) is 11.5 Å². The largest absolute Gasteiger partial charge is 0.397 e. The number of carbonyl (C=O) groups excluding carboxylic acids is 3. The lowest BCUT2D eigenvalue weighted by atomic mass is 9.95. The first-order valence-corrected chi connectivity index (χ1v) is 9.70. The van der Waals surface area contributed by atoms with Crippen molar-refractivity contribution in [1.29, 1.82) is 0 Å². The van der Waals surface area contributed by atoms with Crippen molar-refractivity contribution in [3.05, 3.63) is 35.6 Å². The number of hydrogen-bond donors (Lipinski definition) is 5. The number of halogens is 1. The Morgan fingerprint density at radius 1 is 1.07 bits per heavy atom. The first kappa shape index (κ1) is 26.6. The second-order valence-corrected chi connectivity index (χ2v) is 6.23. The van der Waals surface area contributed by atoms with E-state index in [1.807, 2.05) is 0 Å². The van der Waals surface area contributed by atoms with Gasteiger partial charge in [-0.15, -0.1) is 0 Å². The molecule has 164 valence electrons. The van der Waals surface area contributed by atoms with Crippen LogP contribution in [-0.2, 0) is 14.4 Å². The Morgan fingerprint density at radius 3 is 2.10 bits per heavy atom. The molecule has 0 spiro atoms. The molecular formula is C20H33FN4O4. The van der Waals surface area contributed by atoms with Crippen molar-refractivity contribution >= 4 is 17.6 Å². The highest BCUT2D eigenvalue weighted by atomic mass is 19.1. The van der Waals surface area contributed by atoms with E-state index in [1.165, 1.54) is 24.3 Å². The number of aliphatic hydroxyl groups is 1. The molecule has 2 amide bonds. The van der Waals surface area contributed by atoms with Crippen LogP contribution in [-0.4, -0.2) is 55.0 Å². The molecule has 0 aliphatic heterocycles. The molecule has 1 aromatic carbocycles. The quantitative estimate of drug-likeness (QED) is 0.350. The topological polar surface area (TPSA) is 148 Å². The Labute approximate surface area is 171 Å². The first-order chi connectivity index (χ1) is 13.8. The third-order valence-electron chi connectivity index (χ3n) is 4.00. The number of rotatable bonds is 11. The number of ketones is 1. The van der Waals surface area contributed by atoms with Gasteiger partial charge in [0.2, 0.25) is 11.8 Å². The minimum Gasteiger partial charge on any atom is -0.397 e. The molecule has 8 nitrogen and oxygen atoms in total. The summed E-state index contributed by atoms with van der Waals surface area (Å²) < 4.78 is 13.1. The molecule has 0 saturated heterocycles. The molecule has 1 rings (SSSR count). The third kappa shape index (κ3) is 10.7. The minimum atomic E-state index is -0.647. The zero-order valence-corrected chi connectivity index (χ0v) is 17.1. The van der Waals surface area contributed by atoms with Gasteiger partial charge >= 0.3 is 0 Å². The highest BCUT2D eigenvalue weighted by Gasteiger charge is 2.22. The summed E-state index contributed by atoms with van der Waals surface area (Å²) >= 11 is 0. The van der Waals surface area contributed by atoms with Gasteiger partial charge in [0.15, 0.2) is 5.78 Å². The second-order valence-electron chi connectivity index (χ2n) is 6.23. The van der Waals surface area contributed by atoms with E-state index in [4.69, 9.17) is 16.6 Å². The predicted molar refractivity (Wildman–Crippen MR) is 109 cm³/mol. The van der Waals surface area contributed by atoms with E-state index in [-0.39, 0.29) is 37.9 Å². The lowest BCUT2D eigenvalue weighted by molar-refractivity contribution is -0.129. The summed E-state index contributed by atoms with van der Waals surface area (Å²) in [4.78, 5) is 36.2. The SMILES string of the molecule is CCC(=O)C(CCN)NC(=O)CNC(=O)C(CCN)c1ccc(F)cc1.CCO.